The Morgan fingerprint density at radius 3 is 2.94 bits per heavy atom. The molecule has 88 valence electrons. The Labute approximate surface area is 105 Å². The topological polar surface area (TPSA) is 47.0 Å². The zero-order valence-electron chi connectivity index (χ0n) is 9.35. The largest absolute Gasteiger partial charge is 0.497 e. The van der Waals surface area contributed by atoms with Crippen LogP contribution in [0.4, 0.5) is 5.82 Å². The highest BCUT2D eigenvalue weighted by atomic mass is 35.5. The van der Waals surface area contributed by atoms with E-state index in [1.54, 1.807) is 13.2 Å². The maximum atomic E-state index is 5.76. The number of nitrogens with one attached hydrogen (secondary N) is 1. The smallest absolute Gasteiger partial charge is 0.134 e. The number of rotatable bonds is 4. The highest BCUT2D eigenvalue weighted by Crippen LogP contribution is 2.14. The molecule has 0 bridgehead atoms. The van der Waals surface area contributed by atoms with Crippen molar-refractivity contribution < 1.29 is 4.74 Å². The van der Waals surface area contributed by atoms with Gasteiger partial charge in [-0.2, -0.15) is 0 Å². The third-order valence-electron chi connectivity index (χ3n) is 2.24. The summed E-state index contributed by atoms with van der Waals surface area (Å²) in [5, 5.41) is 3.59. The van der Waals surface area contributed by atoms with Gasteiger partial charge in [0.15, 0.2) is 0 Å². The first-order chi connectivity index (χ1) is 8.28. The van der Waals surface area contributed by atoms with Crippen molar-refractivity contribution in [3.8, 4) is 5.75 Å². The number of nitrogens with zero attached hydrogens (tertiary/aromatic N) is 2. The van der Waals surface area contributed by atoms with E-state index in [1.165, 1.54) is 6.33 Å². The van der Waals surface area contributed by atoms with Gasteiger partial charge in [0.05, 0.1) is 7.11 Å². The molecule has 0 unspecified atom stereocenters. The Hall–Kier alpha value is -1.81. The fourth-order valence-corrected chi connectivity index (χ4v) is 1.55. The average Bonchev–Trinajstić information content (AvgIpc) is 2.37. The van der Waals surface area contributed by atoms with Crippen molar-refractivity contribution in [1.29, 1.82) is 0 Å². The summed E-state index contributed by atoms with van der Waals surface area (Å²) in [6.07, 6.45) is 1.43. The van der Waals surface area contributed by atoms with Crippen LogP contribution in [0.1, 0.15) is 5.56 Å². The molecule has 0 fully saturated rings. The van der Waals surface area contributed by atoms with E-state index in [0.29, 0.717) is 17.5 Å². The molecule has 1 heterocycles. The van der Waals surface area contributed by atoms with Gasteiger partial charge >= 0.3 is 0 Å². The molecule has 0 aliphatic carbocycles. The van der Waals surface area contributed by atoms with Gasteiger partial charge in [0.1, 0.15) is 23.0 Å². The number of ether oxygens (including phenoxy) is 1. The lowest BCUT2D eigenvalue weighted by molar-refractivity contribution is 0.414. The Kier molecular flexibility index (Phi) is 3.77. The lowest BCUT2D eigenvalue weighted by Crippen LogP contribution is -2.01. The highest BCUT2D eigenvalue weighted by molar-refractivity contribution is 6.29. The summed E-state index contributed by atoms with van der Waals surface area (Å²) in [5.41, 5.74) is 1.11. The molecule has 17 heavy (non-hydrogen) atoms. The van der Waals surface area contributed by atoms with Gasteiger partial charge in [0, 0.05) is 12.6 Å². The second-order valence-corrected chi connectivity index (χ2v) is 3.82. The molecular weight excluding hydrogens is 238 g/mol. The van der Waals surface area contributed by atoms with Crippen molar-refractivity contribution in [2.75, 3.05) is 12.4 Å². The van der Waals surface area contributed by atoms with Crippen LogP contribution in [-0.4, -0.2) is 17.1 Å². The summed E-state index contributed by atoms with van der Waals surface area (Å²) in [6, 6.07) is 9.52. The SMILES string of the molecule is COc1cccc(CNc2cc(Cl)ncn2)c1. The number of anilines is 1. The summed E-state index contributed by atoms with van der Waals surface area (Å²) in [4.78, 5) is 7.88. The Balaban J connectivity index is 2.02. The highest BCUT2D eigenvalue weighted by Gasteiger charge is 1.98. The van der Waals surface area contributed by atoms with E-state index in [2.05, 4.69) is 15.3 Å². The first-order valence-electron chi connectivity index (χ1n) is 5.12. The van der Waals surface area contributed by atoms with Crippen molar-refractivity contribution in [2.45, 2.75) is 6.54 Å². The number of halogens is 1. The molecule has 1 N–H and O–H groups in total. The first kappa shape index (κ1) is 11.7. The minimum absolute atomic E-state index is 0.424. The lowest BCUT2D eigenvalue weighted by atomic mass is 10.2. The van der Waals surface area contributed by atoms with Crippen LogP contribution in [0.15, 0.2) is 36.7 Å². The molecular formula is C12H12ClN3O. The van der Waals surface area contributed by atoms with Crippen molar-refractivity contribution in [3.63, 3.8) is 0 Å². The number of aromatic nitrogens is 2. The van der Waals surface area contributed by atoms with Crippen LogP contribution >= 0.6 is 11.6 Å². The summed E-state index contributed by atoms with van der Waals surface area (Å²) < 4.78 is 5.15. The standard InChI is InChI=1S/C12H12ClN3O/c1-17-10-4-2-3-9(5-10)7-14-12-6-11(13)15-8-16-12/h2-6,8H,7H2,1H3,(H,14,15,16). The second kappa shape index (κ2) is 5.50. The Morgan fingerprint density at radius 1 is 1.29 bits per heavy atom. The predicted octanol–water partition coefficient (Wildman–Crippen LogP) is 2.75. The zero-order valence-corrected chi connectivity index (χ0v) is 10.1. The van der Waals surface area contributed by atoms with Gasteiger partial charge in [-0.05, 0) is 17.7 Å². The van der Waals surface area contributed by atoms with E-state index in [1.807, 2.05) is 24.3 Å². The van der Waals surface area contributed by atoms with Crippen molar-refractivity contribution >= 4 is 17.4 Å². The number of hydrogen-bond acceptors (Lipinski definition) is 4. The maximum Gasteiger partial charge on any atom is 0.134 e. The van der Waals surface area contributed by atoms with Gasteiger partial charge in [0.25, 0.3) is 0 Å². The van der Waals surface area contributed by atoms with Crippen LogP contribution in [0.3, 0.4) is 0 Å². The number of benzene rings is 1. The monoisotopic (exact) mass is 249 g/mol. The molecule has 0 spiro atoms. The van der Waals surface area contributed by atoms with E-state index in [4.69, 9.17) is 16.3 Å². The van der Waals surface area contributed by atoms with Crippen LogP contribution in [-0.2, 0) is 6.54 Å². The summed E-state index contributed by atoms with van der Waals surface area (Å²) in [7, 11) is 1.65. The van der Waals surface area contributed by atoms with Gasteiger partial charge in [-0.15, -0.1) is 0 Å². The fraction of sp³-hybridized carbons (Fsp3) is 0.167. The average molecular weight is 250 g/mol. The molecule has 1 aromatic heterocycles. The Morgan fingerprint density at radius 2 is 2.18 bits per heavy atom. The van der Waals surface area contributed by atoms with E-state index >= 15 is 0 Å². The van der Waals surface area contributed by atoms with E-state index < -0.39 is 0 Å². The molecule has 0 amide bonds. The van der Waals surface area contributed by atoms with Gasteiger partial charge in [-0.1, -0.05) is 23.7 Å². The quantitative estimate of drug-likeness (QED) is 0.847. The molecule has 1 aromatic carbocycles. The zero-order chi connectivity index (χ0) is 12.1. The molecule has 0 saturated carbocycles. The first-order valence-corrected chi connectivity index (χ1v) is 5.50. The third kappa shape index (κ3) is 3.32. The molecule has 0 aliphatic rings. The normalized spacial score (nSPS) is 10.0. The molecule has 5 heteroatoms. The molecule has 2 rings (SSSR count). The lowest BCUT2D eigenvalue weighted by Gasteiger charge is -2.07. The predicted molar refractivity (Wildman–Crippen MR) is 67.4 cm³/mol. The summed E-state index contributed by atoms with van der Waals surface area (Å²) >= 11 is 5.76. The Bertz CT molecular complexity index is 505. The van der Waals surface area contributed by atoms with Gasteiger partial charge < -0.3 is 10.1 Å². The molecule has 0 atom stereocenters. The second-order valence-electron chi connectivity index (χ2n) is 3.43. The van der Waals surface area contributed by atoms with E-state index in [9.17, 15) is 0 Å². The van der Waals surface area contributed by atoms with Crippen LogP contribution < -0.4 is 10.1 Å². The fourth-order valence-electron chi connectivity index (χ4n) is 1.41. The minimum Gasteiger partial charge on any atom is -0.497 e. The van der Waals surface area contributed by atoms with Crippen LogP contribution in [0.25, 0.3) is 0 Å². The van der Waals surface area contributed by atoms with Gasteiger partial charge in [-0.25, -0.2) is 9.97 Å². The summed E-state index contributed by atoms with van der Waals surface area (Å²) in [6.45, 7) is 0.657. The molecule has 2 aromatic rings. The maximum absolute atomic E-state index is 5.76. The van der Waals surface area contributed by atoms with Crippen molar-refractivity contribution in [2.24, 2.45) is 0 Å². The van der Waals surface area contributed by atoms with Crippen LogP contribution in [0.5, 0.6) is 5.75 Å². The third-order valence-corrected chi connectivity index (χ3v) is 2.45. The molecule has 0 aliphatic heterocycles. The molecule has 4 nitrogen and oxygen atoms in total. The summed E-state index contributed by atoms with van der Waals surface area (Å²) in [5.74, 6) is 1.54. The van der Waals surface area contributed by atoms with Crippen LogP contribution in [0.2, 0.25) is 5.15 Å². The minimum atomic E-state index is 0.424. The molecule has 0 radical (unpaired) electrons. The number of hydrogen-bond donors (Lipinski definition) is 1. The van der Waals surface area contributed by atoms with E-state index in [0.717, 1.165) is 11.3 Å². The van der Waals surface area contributed by atoms with Crippen molar-refractivity contribution in [1.82, 2.24) is 9.97 Å². The van der Waals surface area contributed by atoms with Crippen LogP contribution in [0, 0.1) is 0 Å². The van der Waals surface area contributed by atoms with E-state index in [-0.39, 0.29) is 0 Å². The number of methoxy groups -OCH3 is 1. The van der Waals surface area contributed by atoms with Gasteiger partial charge in [-0.3, -0.25) is 0 Å². The van der Waals surface area contributed by atoms with Crippen molar-refractivity contribution in [3.05, 3.63) is 47.4 Å². The van der Waals surface area contributed by atoms with Gasteiger partial charge in [0.2, 0.25) is 0 Å². The molecule has 0 saturated heterocycles.